The SMILES string of the molecule is CC.CC.CCOc1cccc(C(=O)OCC(CCOC)OC(=O)c2cccc(OCC)c2)c1. The minimum atomic E-state index is -0.646. The maximum Gasteiger partial charge on any atom is 0.338 e. The van der Waals surface area contributed by atoms with Gasteiger partial charge >= 0.3 is 11.9 Å². The monoisotopic (exact) mass is 476 g/mol. The first-order valence-electron chi connectivity index (χ1n) is 11.9. The number of rotatable bonds is 12. The molecule has 0 heterocycles. The molecular formula is C27H40O7. The average molecular weight is 477 g/mol. The van der Waals surface area contributed by atoms with Crippen molar-refractivity contribution >= 4 is 11.9 Å². The Kier molecular flexibility index (Phi) is 17.7. The molecule has 190 valence electrons. The smallest absolute Gasteiger partial charge is 0.338 e. The van der Waals surface area contributed by atoms with Crippen LogP contribution >= 0.6 is 0 Å². The Hall–Kier alpha value is -3.06. The highest BCUT2D eigenvalue weighted by Gasteiger charge is 2.19. The first-order chi connectivity index (χ1) is 16.6. The molecule has 2 rings (SSSR count). The molecule has 34 heavy (non-hydrogen) atoms. The van der Waals surface area contributed by atoms with Crippen LogP contribution in [0.25, 0.3) is 0 Å². The van der Waals surface area contributed by atoms with Crippen LogP contribution in [0.4, 0.5) is 0 Å². The molecule has 0 saturated carbocycles. The Morgan fingerprint density at radius 2 is 1.29 bits per heavy atom. The van der Waals surface area contributed by atoms with E-state index in [4.69, 9.17) is 23.7 Å². The number of hydrogen-bond acceptors (Lipinski definition) is 7. The average Bonchev–Trinajstić information content (AvgIpc) is 2.88. The van der Waals surface area contributed by atoms with Crippen molar-refractivity contribution in [2.24, 2.45) is 0 Å². The van der Waals surface area contributed by atoms with E-state index in [0.29, 0.717) is 48.9 Å². The summed E-state index contributed by atoms with van der Waals surface area (Å²) in [5.41, 5.74) is 0.723. The van der Waals surface area contributed by atoms with Crippen LogP contribution in [0.15, 0.2) is 48.5 Å². The highest BCUT2D eigenvalue weighted by atomic mass is 16.6. The molecule has 0 saturated heterocycles. The molecule has 2 aromatic carbocycles. The summed E-state index contributed by atoms with van der Waals surface area (Å²) in [6.45, 7) is 13.0. The van der Waals surface area contributed by atoms with E-state index in [9.17, 15) is 9.59 Å². The number of methoxy groups -OCH3 is 1. The second kappa shape index (κ2) is 19.4. The van der Waals surface area contributed by atoms with Crippen LogP contribution in [0, 0.1) is 0 Å². The molecule has 0 aliphatic heterocycles. The van der Waals surface area contributed by atoms with Gasteiger partial charge in [0.1, 0.15) is 24.2 Å². The summed E-state index contributed by atoms with van der Waals surface area (Å²) in [5, 5.41) is 0. The predicted molar refractivity (Wildman–Crippen MR) is 134 cm³/mol. The van der Waals surface area contributed by atoms with Crippen molar-refractivity contribution in [3.05, 3.63) is 59.7 Å². The molecule has 0 amide bonds. The summed E-state index contributed by atoms with van der Waals surface area (Å²) in [6, 6.07) is 13.5. The summed E-state index contributed by atoms with van der Waals surface area (Å²) in [4.78, 5) is 24.9. The number of esters is 2. The van der Waals surface area contributed by atoms with Gasteiger partial charge in [-0.05, 0) is 50.2 Å². The molecule has 0 aromatic heterocycles. The lowest BCUT2D eigenvalue weighted by molar-refractivity contribution is -0.00890. The minimum absolute atomic E-state index is 0.0854. The Morgan fingerprint density at radius 3 is 1.76 bits per heavy atom. The van der Waals surface area contributed by atoms with E-state index in [1.54, 1.807) is 55.6 Å². The van der Waals surface area contributed by atoms with Crippen molar-refractivity contribution in [3.63, 3.8) is 0 Å². The molecule has 1 atom stereocenters. The molecule has 0 bridgehead atoms. The quantitative estimate of drug-likeness (QED) is 0.350. The van der Waals surface area contributed by atoms with Crippen molar-refractivity contribution in [3.8, 4) is 11.5 Å². The summed E-state index contributed by atoms with van der Waals surface area (Å²) in [5.74, 6) is 0.130. The van der Waals surface area contributed by atoms with Gasteiger partial charge in [-0.15, -0.1) is 0 Å². The molecule has 0 radical (unpaired) electrons. The Bertz CT molecular complexity index is 820. The highest BCUT2D eigenvalue weighted by Crippen LogP contribution is 2.17. The Labute approximate surface area is 204 Å². The first-order valence-corrected chi connectivity index (χ1v) is 11.9. The summed E-state index contributed by atoms with van der Waals surface area (Å²) < 4.78 is 26.8. The molecule has 7 heteroatoms. The maximum absolute atomic E-state index is 12.5. The number of ether oxygens (including phenoxy) is 5. The fraction of sp³-hybridized carbons (Fsp3) is 0.481. The van der Waals surface area contributed by atoms with Gasteiger partial charge in [-0.1, -0.05) is 39.8 Å². The largest absolute Gasteiger partial charge is 0.494 e. The lowest BCUT2D eigenvalue weighted by Crippen LogP contribution is -2.26. The molecule has 1 unspecified atom stereocenters. The van der Waals surface area contributed by atoms with Crippen molar-refractivity contribution < 1.29 is 33.3 Å². The number of hydrogen-bond donors (Lipinski definition) is 0. The van der Waals surface area contributed by atoms with Gasteiger partial charge in [0.05, 0.1) is 24.3 Å². The van der Waals surface area contributed by atoms with Crippen molar-refractivity contribution in [1.82, 2.24) is 0 Å². The fourth-order valence-corrected chi connectivity index (χ4v) is 2.66. The lowest BCUT2D eigenvalue weighted by Gasteiger charge is -2.18. The molecular weight excluding hydrogens is 436 g/mol. The normalized spacial score (nSPS) is 10.4. The Balaban J connectivity index is 0.00000258. The van der Waals surface area contributed by atoms with Gasteiger partial charge in [0.2, 0.25) is 0 Å². The van der Waals surface area contributed by atoms with Gasteiger partial charge in [0, 0.05) is 20.1 Å². The number of benzene rings is 2. The zero-order valence-electron chi connectivity index (χ0n) is 21.6. The second-order valence-electron chi connectivity index (χ2n) is 6.33. The molecule has 7 nitrogen and oxygen atoms in total. The van der Waals surface area contributed by atoms with Crippen LogP contribution in [0.2, 0.25) is 0 Å². The lowest BCUT2D eigenvalue weighted by atomic mass is 10.2. The molecule has 0 spiro atoms. The van der Waals surface area contributed by atoms with E-state index in [1.165, 1.54) is 0 Å². The third-order valence-electron chi connectivity index (χ3n) is 4.08. The molecule has 0 N–H and O–H groups in total. The molecule has 2 aromatic rings. The standard InChI is InChI=1S/C23H28O7.2C2H6/c1-4-27-19-10-6-8-17(14-19)22(24)29-16-21(12-13-26-3)30-23(25)18-9-7-11-20(15-18)28-5-2;2*1-2/h6-11,14-15,21H,4-5,12-13,16H2,1-3H3;2*1-2H3. The molecule has 0 aliphatic carbocycles. The van der Waals surface area contributed by atoms with Crippen LogP contribution in [0.5, 0.6) is 11.5 Å². The van der Waals surface area contributed by atoms with Gasteiger partial charge in [0.15, 0.2) is 0 Å². The predicted octanol–water partition coefficient (Wildman–Crippen LogP) is 5.96. The first kappa shape index (κ1) is 30.9. The second-order valence-corrected chi connectivity index (χ2v) is 6.33. The third-order valence-corrected chi connectivity index (χ3v) is 4.08. The summed E-state index contributed by atoms with van der Waals surface area (Å²) in [7, 11) is 1.55. The van der Waals surface area contributed by atoms with Crippen LogP contribution < -0.4 is 9.47 Å². The van der Waals surface area contributed by atoms with Gasteiger partial charge in [0.25, 0.3) is 0 Å². The maximum atomic E-state index is 12.5. The van der Waals surface area contributed by atoms with E-state index >= 15 is 0 Å². The minimum Gasteiger partial charge on any atom is -0.494 e. The van der Waals surface area contributed by atoms with Gasteiger partial charge < -0.3 is 23.7 Å². The van der Waals surface area contributed by atoms with Gasteiger partial charge in [-0.25, -0.2) is 9.59 Å². The van der Waals surface area contributed by atoms with E-state index in [0.717, 1.165) is 0 Å². The van der Waals surface area contributed by atoms with Crippen molar-refractivity contribution in [1.29, 1.82) is 0 Å². The van der Waals surface area contributed by atoms with Crippen LogP contribution in [0.1, 0.15) is 68.7 Å². The van der Waals surface area contributed by atoms with E-state index < -0.39 is 18.0 Å². The Morgan fingerprint density at radius 1 is 0.794 bits per heavy atom. The third kappa shape index (κ3) is 11.7. The summed E-state index contributed by atoms with van der Waals surface area (Å²) >= 11 is 0. The van der Waals surface area contributed by atoms with Crippen LogP contribution in [-0.4, -0.2) is 51.6 Å². The number of carbonyl (C=O) groups is 2. The zero-order chi connectivity index (χ0) is 25.8. The summed E-state index contributed by atoms with van der Waals surface area (Å²) in [6.07, 6.45) is -0.258. The highest BCUT2D eigenvalue weighted by molar-refractivity contribution is 5.90. The van der Waals surface area contributed by atoms with E-state index in [1.807, 2.05) is 41.5 Å². The van der Waals surface area contributed by atoms with Gasteiger partial charge in [-0.3, -0.25) is 0 Å². The fourth-order valence-electron chi connectivity index (χ4n) is 2.66. The zero-order valence-corrected chi connectivity index (χ0v) is 21.6. The topological polar surface area (TPSA) is 80.3 Å². The van der Waals surface area contributed by atoms with Gasteiger partial charge in [-0.2, -0.15) is 0 Å². The van der Waals surface area contributed by atoms with Crippen LogP contribution in [0.3, 0.4) is 0 Å². The van der Waals surface area contributed by atoms with Crippen molar-refractivity contribution in [2.45, 2.75) is 54.1 Å². The van der Waals surface area contributed by atoms with E-state index in [2.05, 4.69) is 0 Å². The van der Waals surface area contributed by atoms with Crippen LogP contribution in [-0.2, 0) is 14.2 Å². The number of carbonyl (C=O) groups excluding carboxylic acids is 2. The van der Waals surface area contributed by atoms with Crippen molar-refractivity contribution in [2.75, 3.05) is 33.5 Å². The molecule has 0 fully saturated rings. The van der Waals surface area contributed by atoms with E-state index in [-0.39, 0.29) is 6.61 Å². The molecule has 0 aliphatic rings.